The van der Waals surface area contributed by atoms with Gasteiger partial charge in [0.15, 0.2) is 0 Å². The van der Waals surface area contributed by atoms with Crippen LogP contribution in [0.2, 0.25) is 0 Å². The van der Waals surface area contributed by atoms with Gasteiger partial charge in [-0.15, -0.1) is 0 Å². The highest BCUT2D eigenvalue weighted by atomic mass is 127. The molecular formula is C13H18IN3O. The van der Waals surface area contributed by atoms with Crippen LogP contribution < -0.4 is 5.32 Å². The molecule has 98 valence electrons. The zero-order chi connectivity index (χ0) is 13.2. The summed E-state index contributed by atoms with van der Waals surface area (Å²) in [5.74, 6) is 0.982. The molecule has 0 aromatic carbocycles. The molecule has 0 unspecified atom stereocenters. The minimum Gasteiger partial charge on any atom is -0.468 e. The van der Waals surface area contributed by atoms with Gasteiger partial charge in [-0.25, -0.2) is 0 Å². The third-order valence-corrected chi connectivity index (χ3v) is 3.11. The predicted octanol–water partition coefficient (Wildman–Crippen LogP) is 3.02. The van der Waals surface area contributed by atoms with Gasteiger partial charge < -0.3 is 9.73 Å². The summed E-state index contributed by atoms with van der Waals surface area (Å²) in [5.41, 5.74) is 1.26. The summed E-state index contributed by atoms with van der Waals surface area (Å²) in [7, 11) is 0. The quantitative estimate of drug-likeness (QED) is 0.854. The average molecular weight is 359 g/mol. The van der Waals surface area contributed by atoms with Gasteiger partial charge in [0.2, 0.25) is 0 Å². The number of aromatic nitrogens is 2. The topological polar surface area (TPSA) is 43.0 Å². The van der Waals surface area contributed by atoms with E-state index < -0.39 is 0 Å². The number of hydrogen-bond acceptors (Lipinski definition) is 3. The lowest BCUT2D eigenvalue weighted by Crippen LogP contribution is -2.35. The van der Waals surface area contributed by atoms with Crippen LogP contribution in [0.15, 0.2) is 29.1 Å². The van der Waals surface area contributed by atoms with Crippen LogP contribution in [-0.2, 0) is 13.1 Å². The van der Waals surface area contributed by atoms with E-state index in [4.69, 9.17) is 4.42 Å². The van der Waals surface area contributed by atoms with E-state index in [0.717, 1.165) is 22.4 Å². The number of furan rings is 1. The van der Waals surface area contributed by atoms with E-state index in [1.807, 2.05) is 23.1 Å². The minimum absolute atomic E-state index is 0.0884. The number of halogens is 1. The lowest BCUT2D eigenvalue weighted by Gasteiger charge is -2.20. The van der Waals surface area contributed by atoms with Crippen molar-refractivity contribution in [3.8, 4) is 0 Å². The van der Waals surface area contributed by atoms with Crippen LogP contribution in [0.1, 0.15) is 32.1 Å². The maximum Gasteiger partial charge on any atom is 0.122 e. The lowest BCUT2D eigenvalue weighted by atomic mass is 10.1. The third kappa shape index (κ3) is 3.84. The molecule has 0 amide bonds. The number of nitrogens with one attached hydrogen (secondary N) is 1. The second-order valence-corrected chi connectivity index (χ2v) is 6.57. The van der Waals surface area contributed by atoms with Gasteiger partial charge >= 0.3 is 0 Å². The summed E-state index contributed by atoms with van der Waals surface area (Å²) in [5, 5.41) is 7.72. The van der Waals surface area contributed by atoms with Gasteiger partial charge in [-0.1, -0.05) is 0 Å². The van der Waals surface area contributed by atoms with Crippen molar-refractivity contribution in [2.24, 2.45) is 0 Å². The van der Waals surface area contributed by atoms with Crippen molar-refractivity contribution in [2.45, 2.75) is 39.4 Å². The molecule has 0 saturated heterocycles. The first kappa shape index (κ1) is 13.6. The molecule has 0 saturated carbocycles. The molecule has 1 N–H and O–H groups in total. The van der Waals surface area contributed by atoms with Crippen LogP contribution in [0.5, 0.6) is 0 Å². The van der Waals surface area contributed by atoms with Gasteiger partial charge in [0, 0.05) is 17.3 Å². The largest absolute Gasteiger partial charge is 0.468 e. The first-order valence-electron chi connectivity index (χ1n) is 5.92. The van der Waals surface area contributed by atoms with Crippen molar-refractivity contribution in [1.82, 2.24) is 15.1 Å². The predicted molar refractivity (Wildman–Crippen MR) is 79.3 cm³/mol. The molecule has 2 aromatic rings. The van der Waals surface area contributed by atoms with Gasteiger partial charge in [-0.3, -0.25) is 4.68 Å². The molecule has 4 nitrogen and oxygen atoms in total. The molecule has 5 heteroatoms. The summed E-state index contributed by atoms with van der Waals surface area (Å²) < 4.78 is 8.60. The Labute approximate surface area is 121 Å². The lowest BCUT2D eigenvalue weighted by molar-refractivity contribution is 0.385. The van der Waals surface area contributed by atoms with E-state index >= 15 is 0 Å². The van der Waals surface area contributed by atoms with Gasteiger partial charge in [0.05, 0.1) is 29.1 Å². The first-order valence-corrected chi connectivity index (χ1v) is 7.00. The average Bonchev–Trinajstić information content (AvgIpc) is 2.85. The normalized spacial score (nSPS) is 12.0. The zero-order valence-corrected chi connectivity index (χ0v) is 13.1. The third-order valence-electron chi connectivity index (χ3n) is 2.55. The van der Waals surface area contributed by atoms with Crippen molar-refractivity contribution in [2.75, 3.05) is 0 Å². The van der Waals surface area contributed by atoms with Crippen molar-refractivity contribution in [1.29, 1.82) is 0 Å². The summed E-state index contributed by atoms with van der Waals surface area (Å²) in [4.78, 5) is 0. The molecule has 0 atom stereocenters. The first-order chi connectivity index (χ1) is 8.44. The summed E-state index contributed by atoms with van der Waals surface area (Å²) in [6.07, 6.45) is 5.62. The summed E-state index contributed by atoms with van der Waals surface area (Å²) in [6.45, 7) is 7.92. The molecule has 0 aliphatic heterocycles. The Balaban J connectivity index is 2.03. The van der Waals surface area contributed by atoms with Crippen molar-refractivity contribution in [3.05, 3.63) is 39.6 Å². The fraction of sp³-hybridized carbons (Fsp3) is 0.462. The molecule has 0 aliphatic carbocycles. The van der Waals surface area contributed by atoms with Crippen molar-refractivity contribution in [3.63, 3.8) is 0 Å². The Hall–Kier alpha value is -0.820. The summed E-state index contributed by atoms with van der Waals surface area (Å²) >= 11 is 2.26. The van der Waals surface area contributed by atoms with Crippen LogP contribution in [-0.4, -0.2) is 15.3 Å². The molecule has 2 aromatic heterocycles. The minimum atomic E-state index is 0.0884. The Morgan fingerprint density at radius 1 is 1.44 bits per heavy atom. The molecule has 2 rings (SSSR count). The maximum atomic E-state index is 5.53. The Kier molecular flexibility index (Phi) is 4.11. The van der Waals surface area contributed by atoms with E-state index in [0.29, 0.717) is 0 Å². The second-order valence-electron chi connectivity index (χ2n) is 5.33. The molecule has 0 radical (unpaired) electrons. The smallest absolute Gasteiger partial charge is 0.122 e. The molecular weight excluding hydrogens is 341 g/mol. The highest BCUT2D eigenvalue weighted by Gasteiger charge is 2.13. The van der Waals surface area contributed by atoms with Crippen LogP contribution >= 0.6 is 22.6 Å². The molecule has 18 heavy (non-hydrogen) atoms. The van der Waals surface area contributed by atoms with Crippen LogP contribution in [0.4, 0.5) is 0 Å². The Morgan fingerprint density at radius 3 is 2.83 bits per heavy atom. The molecule has 0 aliphatic rings. The van der Waals surface area contributed by atoms with Crippen LogP contribution in [0.3, 0.4) is 0 Å². The van der Waals surface area contributed by atoms with Crippen molar-refractivity contribution < 1.29 is 4.42 Å². The van der Waals surface area contributed by atoms with E-state index in [1.165, 1.54) is 5.56 Å². The monoisotopic (exact) mass is 359 g/mol. The maximum absolute atomic E-state index is 5.53. The number of rotatable bonds is 4. The zero-order valence-electron chi connectivity index (χ0n) is 10.9. The van der Waals surface area contributed by atoms with Gasteiger partial charge in [-0.05, 0) is 49.4 Å². The van der Waals surface area contributed by atoms with E-state index in [-0.39, 0.29) is 5.54 Å². The molecule has 2 heterocycles. The van der Waals surface area contributed by atoms with E-state index in [9.17, 15) is 0 Å². The molecule has 0 bridgehead atoms. The van der Waals surface area contributed by atoms with E-state index in [2.05, 4.69) is 53.8 Å². The van der Waals surface area contributed by atoms with Crippen molar-refractivity contribution >= 4 is 22.6 Å². The fourth-order valence-corrected chi connectivity index (χ4v) is 2.05. The summed E-state index contributed by atoms with van der Waals surface area (Å²) in [6, 6.07) is 2.01. The highest BCUT2D eigenvalue weighted by molar-refractivity contribution is 14.1. The van der Waals surface area contributed by atoms with Gasteiger partial charge in [0.1, 0.15) is 5.76 Å². The number of nitrogens with zero attached hydrogens (tertiary/aromatic N) is 2. The fourth-order valence-electron chi connectivity index (χ4n) is 1.61. The Morgan fingerprint density at radius 2 is 2.22 bits per heavy atom. The molecule has 0 spiro atoms. The van der Waals surface area contributed by atoms with Crippen LogP contribution in [0.25, 0.3) is 0 Å². The van der Waals surface area contributed by atoms with E-state index in [1.54, 1.807) is 6.26 Å². The standard InChI is InChI=1S/C13H18IN3O/c1-13(2,3)15-7-12-10(4-5-18-12)8-17-9-11(14)6-16-17/h4-6,9,15H,7-8H2,1-3H3. The number of hydrogen-bond donors (Lipinski definition) is 1. The van der Waals surface area contributed by atoms with Gasteiger partial charge in [0.25, 0.3) is 0 Å². The highest BCUT2D eigenvalue weighted by Crippen LogP contribution is 2.14. The van der Waals surface area contributed by atoms with Crippen LogP contribution in [0, 0.1) is 3.57 Å². The van der Waals surface area contributed by atoms with Gasteiger partial charge in [-0.2, -0.15) is 5.10 Å². The Bertz CT molecular complexity index is 510. The second kappa shape index (κ2) is 5.44. The SMILES string of the molecule is CC(C)(C)NCc1occc1Cn1cc(I)cn1. The molecule has 0 fully saturated rings.